The van der Waals surface area contributed by atoms with Gasteiger partial charge in [0.1, 0.15) is 0 Å². The third-order valence-electron chi connectivity index (χ3n) is 3.01. The van der Waals surface area contributed by atoms with Crippen molar-refractivity contribution >= 4 is 22.6 Å². The molecule has 2 saturated heterocycles. The van der Waals surface area contributed by atoms with Gasteiger partial charge < -0.3 is 9.47 Å². The van der Waals surface area contributed by atoms with Crippen LogP contribution in [0.3, 0.4) is 0 Å². The molecule has 0 radical (unpaired) electrons. The lowest BCUT2D eigenvalue weighted by Crippen LogP contribution is -2.30. The van der Waals surface area contributed by atoms with Crippen LogP contribution in [0.15, 0.2) is 0 Å². The minimum Gasteiger partial charge on any atom is -0.381 e. The molecule has 12 heavy (non-hydrogen) atoms. The van der Waals surface area contributed by atoms with E-state index in [1.165, 1.54) is 19.3 Å². The highest BCUT2D eigenvalue weighted by Gasteiger charge is 2.40. The number of hydrogen-bond acceptors (Lipinski definition) is 2. The van der Waals surface area contributed by atoms with Crippen LogP contribution in [0.25, 0.3) is 0 Å². The molecule has 2 fully saturated rings. The van der Waals surface area contributed by atoms with Crippen LogP contribution in [0.1, 0.15) is 19.3 Å². The summed E-state index contributed by atoms with van der Waals surface area (Å²) in [6.45, 7) is 2.86. The first kappa shape index (κ1) is 9.21. The monoisotopic (exact) mass is 282 g/mol. The van der Waals surface area contributed by atoms with E-state index in [0.29, 0.717) is 11.5 Å². The second-order valence-corrected chi connectivity index (χ2v) is 4.78. The molecule has 0 aromatic rings. The zero-order valence-electron chi connectivity index (χ0n) is 7.22. The molecule has 2 aliphatic heterocycles. The molecule has 0 unspecified atom stereocenters. The van der Waals surface area contributed by atoms with Gasteiger partial charge in [-0.1, -0.05) is 22.6 Å². The summed E-state index contributed by atoms with van der Waals surface area (Å²) in [6, 6.07) is 0. The van der Waals surface area contributed by atoms with Crippen molar-refractivity contribution in [3.05, 3.63) is 0 Å². The summed E-state index contributed by atoms with van der Waals surface area (Å²) in [6.07, 6.45) is 4.20. The lowest BCUT2D eigenvalue weighted by Gasteiger charge is -2.31. The van der Waals surface area contributed by atoms with E-state index in [1.807, 2.05) is 0 Å². The second-order valence-electron chi connectivity index (χ2n) is 3.90. The molecule has 0 aromatic carbocycles. The minimum atomic E-state index is 0.494. The lowest BCUT2D eigenvalue weighted by molar-refractivity contribution is 0.00761. The summed E-state index contributed by atoms with van der Waals surface area (Å²) in [5.41, 5.74) is 0.494. The van der Waals surface area contributed by atoms with E-state index in [9.17, 15) is 0 Å². The zero-order chi connectivity index (χ0) is 8.44. The van der Waals surface area contributed by atoms with Crippen molar-refractivity contribution < 1.29 is 9.47 Å². The van der Waals surface area contributed by atoms with E-state index in [0.717, 1.165) is 24.2 Å². The first-order chi connectivity index (χ1) is 5.85. The fourth-order valence-electron chi connectivity index (χ4n) is 2.15. The van der Waals surface area contributed by atoms with Gasteiger partial charge in [0, 0.05) is 23.1 Å². The van der Waals surface area contributed by atoms with Crippen LogP contribution in [0.4, 0.5) is 0 Å². The molecule has 70 valence electrons. The van der Waals surface area contributed by atoms with Crippen LogP contribution in [0.5, 0.6) is 0 Å². The molecule has 0 saturated carbocycles. The van der Waals surface area contributed by atoms with Crippen LogP contribution < -0.4 is 0 Å². The van der Waals surface area contributed by atoms with Gasteiger partial charge in [0.2, 0.25) is 0 Å². The number of ether oxygens (including phenoxy) is 2. The number of hydrogen-bond donors (Lipinski definition) is 0. The van der Waals surface area contributed by atoms with E-state index in [2.05, 4.69) is 22.6 Å². The van der Waals surface area contributed by atoms with Gasteiger partial charge in [-0.2, -0.15) is 0 Å². The second kappa shape index (κ2) is 3.80. The summed E-state index contributed by atoms with van der Waals surface area (Å²) in [5, 5.41) is 0. The average Bonchev–Trinajstić information content (AvgIpc) is 2.50. The maximum absolute atomic E-state index is 5.73. The Balaban J connectivity index is 1.94. The number of rotatable bonds is 1. The Bertz CT molecular complexity index is 155. The molecule has 0 bridgehead atoms. The van der Waals surface area contributed by atoms with Crippen molar-refractivity contribution in [2.75, 3.05) is 24.2 Å². The Morgan fingerprint density at radius 2 is 2.08 bits per heavy atom. The Labute approximate surface area is 87.1 Å². The predicted octanol–water partition coefficient (Wildman–Crippen LogP) is 2.01. The molecule has 2 nitrogen and oxygen atoms in total. The van der Waals surface area contributed by atoms with Crippen LogP contribution in [-0.2, 0) is 9.47 Å². The summed E-state index contributed by atoms with van der Waals surface area (Å²) in [5.74, 6) is 0. The molecule has 1 atom stereocenters. The normalized spacial score (nSPS) is 34.2. The van der Waals surface area contributed by atoms with E-state index in [-0.39, 0.29) is 0 Å². The van der Waals surface area contributed by atoms with Gasteiger partial charge in [-0.3, -0.25) is 0 Å². The predicted molar refractivity (Wildman–Crippen MR) is 55.7 cm³/mol. The average molecular weight is 282 g/mol. The van der Waals surface area contributed by atoms with Crippen molar-refractivity contribution in [1.82, 2.24) is 0 Å². The SMILES string of the molecule is IC[C@@H]1CC2(CCOCC2)CO1. The molecule has 0 aromatic heterocycles. The third-order valence-corrected chi connectivity index (χ3v) is 3.99. The van der Waals surface area contributed by atoms with E-state index in [1.54, 1.807) is 0 Å². The number of alkyl halides is 1. The largest absolute Gasteiger partial charge is 0.381 e. The van der Waals surface area contributed by atoms with E-state index < -0.39 is 0 Å². The Morgan fingerprint density at radius 3 is 2.67 bits per heavy atom. The molecule has 2 rings (SSSR count). The number of halogens is 1. The van der Waals surface area contributed by atoms with Crippen LogP contribution in [0, 0.1) is 5.41 Å². The molecule has 1 spiro atoms. The van der Waals surface area contributed by atoms with Crippen molar-refractivity contribution in [1.29, 1.82) is 0 Å². The smallest absolute Gasteiger partial charge is 0.0670 e. The summed E-state index contributed by atoms with van der Waals surface area (Å²) < 4.78 is 12.2. The van der Waals surface area contributed by atoms with Gasteiger partial charge in [-0.15, -0.1) is 0 Å². The summed E-state index contributed by atoms with van der Waals surface area (Å²) >= 11 is 2.41. The standard InChI is InChI=1S/C9H15IO2/c10-6-8-5-9(7-12-8)1-3-11-4-2-9/h8H,1-7H2/t8-/m0/s1. The van der Waals surface area contributed by atoms with Crippen LogP contribution >= 0.6 is 22.6 Å². The van der Waals surface area contributed by atoms with Crippen LogP contribution in [-0.4, -0.2) is 30.4 Å². The highest BCUT2D eigenvalue weighted by atomic mass is 127. The molecule has 2 heterocycles. The van der Waals surface area contributed by atoms with Crippen molar-refractivity contribution in [2.45, 2.75) is 25.4 Å². The van der Waals surface area contributed by atoms with E-state index in [4.69, 9.17) is 9.47 Å². The molecule has 2 aliphatic rings. The fraction of sp³-hybridized carbons (Fsp3) is 1.00. The zero-order valence-corrected chi connectivity index (χ0v) is 9.38. The molecule has 0 amide bonds. The Hall–Kier alpha value is 0.650. The third kappa shape index (κ3) is 1.77. The molecular weight excluding hydrogens is 267 g/mol. The van der Waals surface area contributed by atoms with Crippen molar-refractivity contribution in [3.8, 4) is 0 Å². The molecule has 0 N–H and O–H groups in total. The fourth-order valence-corrected chi connectivity index (χ4v) is 2.71. The van der Waals surface area contributed by atoms with Gasteiger partial charge >= 0.3 is 0 Å². The maximum Gasteiger partial charge on any atom is 0.0670 e. The highest BCUT2D eigenvalue weighted by Crippen LogP contribution is 2.41. The van der Waals surface area contributed by atoms with Gasteiger partial charge in [0.05, 0.1) is 12.7 Å². The van der Waals surface area contributed by atoms with Gasteiger partial charge in [-0.25, -0.2) is 0 Å². The molecule has 3 heteroatoms. The lowest BCUT2D eigenvalue weighted by atomic mass is 9.79. The van der Waals surface area contributed by atoms with Crippen LogP contribution in [0.2, 0.25) is 0 Å². The quantitative estimate of drug-likeness (QED) is 0.541. The molecule has 0 aliphatic carbocycles. The highest BCUT2D eigenvalue weighted by molar-refractivity contribution is 14.1. The van der Waals surface area contributed by atoms with Gasteiger partial charge in [0.25, 0.3) is 0 Å². The first-order valence-corrected chi connectivity index (χ1v) is 6.13. The maximum atomic E-state index is 5.73. The Morgan fingerprint density at radius 1 is 1.33 bits per heavy atom. The van der Waals surface area contributed by atoms with Crippen molar-refractivity contribution in [3.63, 3.8) is 0 Å². The summed E-state index contributed by atoms with van der Waals surface area (Å²) in [4.78, 5) is 0. The molecular formula is C9H15IO2. The summed E-state index contributed by atoms with van der Waals surface area (Å²) in [7, 11) is 0. The minimum absolute atomic E-state index is 0.494. The van der Waals surface area contributed by atoms with Gasteiger partial charge in [-0.05, 0) is 19.3 Å². The van der Waals surface area contributed by atoms with E-state index >= 15 is 0 Å². The van der Waals surface area contributed by atoms with Crippen molar-refractivity contribution in [2.24, 2.45) is 5.41 Å². The Kier molecular flexibility index (Phi) is 2.92. The topological polar surface area (TPSA) is 18.5 Å². The van der Waals surface area contributed by atoms with Gasteiger partial charge in [0.15, 0.2) is 0 Å². The first-order valence-electron chi connectivity index (χ1n) is 4.60.